The van der Waals surface area contributed by atoms with Crippen molar-refractivity contribution in [3.8, 4) is 5.75 Å². The number of esters is 1. The molecule has 0 saturated carbocycles. The number of nitrogens with zero attached hydrogens (tertiary/aromatic N) is 1. The highest BCUT2D eigenvalue weighted by atomic mass is 16.6. The highest BCUT2D eigenvalue weighted by molar-refractivity contribution is 5.81. The average molecular weight is 291 g/mol. The number of para-hydroxylation sites is 1. The van der Waals surface area contributed by atoms with Crippen molar-refractivity contribution in [2.75, 3.05) is 6.61 Å². The van der Waals surface area contributed by atoms with Crippen LogP contribution in [0, 0.1) is 10.1 Å². The molecule has 1 aromatic rings. The number of hydrogen-bond donors (Lipinski definition) is 0. The van der Waals surface area contributed by atoms with Crippen LogP contribution < -0.4 is 4.74 Å². The number of ether oxygens (including phenoxy) is 2. The van der Waals surface area contributed by atoms with Gasteiger partial charge in [0.05, 0.1) is 23.9 Å². The number of rotatable bonds is 7. The second-order valence-electron chi connectivity index (χ2n) is 3.96. The number of carbonyl (C=O) groups excluding carboxylic acids is 1. The van der Waals surface area contributed by atoms with Crippen molar-refractivity contribution in [1.82, 2.24) is 0 Å². The van der Waals surface area contributed by atoms with E-state index in [4.69, 9.17) is 9.47 Å². The second kappa shape index (κ2) is 8.52. The molecular formula is C15H17NO5. The fraction of sp³-hybridized carbons (Fsp3) is 0.267. The first-order chi connectivity index (χ1) is 10.1. The fourth-order valence-electron chi connectivity index (χ4n) is 1.52. The van der Waals surface area contributed by atoms with Crippen LogP contribution in [0.3, 0.4) is 0 Å². The zero-order valence-electron chi connectivity index (χ0n) is 11.9. The van der Waals surface area contributed by atoms with Gasteiger partial charge in [-0.15, -0.1) is 0 Å². The summed E-state index contributed by atoms with van der Waals surface area (Å²) in [6, 6.07) is 6.85. The largest absolute Gasteiger partial charge is 0.464 e. The molecule has 0 spiro atoms. The standard InChI is InChI=1S/C15H17NO5/c1-3-13(16(18)19)11-12-7-5-6-8-14(12)21-10-9-15(17)20-4-2/h5-11H,3-4H2,1-2H3/b10-9+,13-11+. The third kappa shape index (κ3) is 5.48. The summed E-state index contributed by atoms with van der Waals surface area (Å²) in [7, 11) is 0. The Morgan fingerprint density at radius 3 is 2.67 bits per heavy atom. The normalized spacial score (nSPS) is 11.4. The average Bonchev–Trinajstić information content (AvgIpc) is 2.46. The van der Waals surface area contributed by atoms with Crippen molar-refractivity contribution in [2.24, 2.45) is 0 Å². The summed E-state index contributed by atoms with van der Waals surface area (Å²) in [5, 5.41) is 10.8. The van der Waals surface area contributed by atoms with Crippen LogP contribution in [-0.4, -0.2) is 17.5 Å². The number of carbonyl (C=O) groups is 1. The fourth-order valence-corrected chi connectivity index (χ4v) is 1.52. The van der Waals surface area contributed by atoms with E-state index in [2.05, 4.69) is 0 Å². The summed E-state index contributed by atoms with van der Waals surface area (Å²) < 4.78 is 10.0. The van der Waals surface area contributed by atoms with Crippen LogP contribution in [0.5, 0.6) is 5.75 Å². The summed E-state index contributed by atoms with van der Waals surface area (Å²) in [6.07, 6.45) is 4.11. The Kier molecular flexibility index (Phi) is 6.67. The zero-order valence-corrected chi connectivity index (χ0v) is 11.9. The third-order valence-corrected chi connectivity index (χ3v) is 2.52. The van der Waals surface area contributed by atoms with Gasteiger partial charge in [-0.05, 0) is 13.0 Å². The molecular weight excluding hydrogens is 274 g/mol. The first-order valence-corrected chi connectivity index (χ1v) is 6.52. The van der Waals surface area contributed by atoms with Gasteiger partial charge < -0.3 is 9.47 Å². The first kappa shape index (κ1) is 16.4. The van der Waals surface area contributed by atoms with Gasteiger partial charge in [0.1, 0.15) is 5.75 Å². The van der Waals surface area contributed by atoms with Crippen LogP contribution in [-0.2, 0) is 9.53 Å². The van der Waals surface area contributed by atoms with E-state index in [1.54, 1.807) is 38.1 Å². The predicted molar refractivity (Wildman–Crippen MR) is 78.1 cm³/mol. The molecule has 1 rings (SSSR count). The molecule has 6 nitrogen and oxygen atoms in total. The lowest BCUT2D eigenvalue weighted by atomic mass is 10.1. The number of hydrogen-bond acceptors (Lipinski definition) is 5. The molecule has 0 fully saturated rings. The molecule has 0 radical (unpaired) electrons. The van der Waals surface area contributed by atoms with Crippen LogP contribution in [0.1, 0.15) is 25.8 Å². The van der Waals surface area contributed by atoms with E-state index in [0.29, 0.717) is 17.7 Å². The molecule has 0 amide bonds. The van der Waals surface area contributed by atoms with Gasteiger partial charge in [-0.3, -0.25) is 10.1 Å². The highest BCUT2D eigenvalue weighted by Crippen LogP contribution is 2.22. The molecule has 0 aromatic heterocycles. The van der Waals surface area contributed by atoms with Crippen molar-refractivity contribution in [3.05, 3.63) is 58.0 Å². The topological polar surface area (TPSA) is 78.7 Å². The third-order valence-electron chi connectivity index (χ3n) is 2.52. The van der Waals surface area contributed by atoms with Crippen LogP contribution in [0.4, 0.5) is 0 Å². The van der Waals surface area contributed by atoms with Gasteiger partial charge in [0.2, 0.25) is 5.70 Å². The van der Waals surface area contributed by atoms with E-state index >= 15 is 0 Å². The molecule has 21 heavy (non-hydrogen) atoms. The molecule has 0 aliphatic heterocycles. The molecule has 0 aliphatic carbocycles. The predicted octanol–water partition coefficient (Wildman–Crippen LogP) is 3.17. The molecule has 112 valence electrons. The zero-order chi connectivity index (χ0) is 15.7. The Morgan fingerprint density at radius 1 is 1.33 bits per heavy atom. The van der Waals surface area contributed by atoms with Crippen molar-refractivity contribution in [1.29, 1.82) is 0 Å². The van der Waals surface area contributed by atoms with Crippen molar-refractivity contribution in [3.63, 3.8) is 0 Å². The molecule has 1 aromatic carbocycles. The summed E-state index contributed by atoms with van der Waals surface area (Å²) in [5.74, 6) is -0.0871. The smallest absolute Gasteiger partial charge is 0.333 e. The van der Waals surface area contributed by atoms with Gasteiger partial charge in [-0.25, -0.2) is 4.79 Å². The summed E-state index contributed by atoms with van der Waals surface area (Å²) in [6.45, 7) is 3.69. The van der Waals surface area contributed by atoms with Crippen molar-refractivity contribution < 1.29 is 19.2 Å². The molecule has 0 aliphatic rings. The molecule has 0 heterocycles. The van der Waals surface area contributed by atoms with Gasteiger partial charge in [0.15, 0.2) is 0 Å². The Bertz CT molecular complexity index is 563. The van der Waals surface area contributed by atoms with Crippen LogP contribution in [0.25, 0.3) is 6.08 Å². The lowest BCUT2D eigenvalue weighted by Crippen LogP contribution is -2.00. The Hall–Kier alpha value is -2.63. The quantitative estimate of drug-likeness (QED) is 0.253. The minimum atomic E-state index is -0.509. The molecule has 0 N–H and O–H groups in total. The van der Waals surface area contributed by atoms with Crippen LogP contribution in [0.15, 0.2) is 42.3 Å². The molecule has 0 atom stereocenters. The van der Waals surface area contributed by atoms with Gasteiger partial charge in [-0.2, -0.15) is 0 Å². The summed E-state index contributed by atoms with van der Waals surface area (Å²) in [4.78, 5) is 21.6. The van der Waals surface area contributed by atoms with E-state index in [-0.39, 0.29) is 12.3 Å². The Labute approximate surface area is 122 Å². The van der Waals surface area contributed by atoms with Crippen molar-refractivity contribution >= 4 is 12.0 Å². The first-order valence-electron chi connectivity index (χ1n) is 6.52. The Morgan fingerprint density at radius 2 is 2.05 bits per heavy atom. The second-order valence-corrected chi connectivity index (χ2v) is 3.96. The summed E-state index contributed by atoms with van der Waals surface area (Å²) >= 11 is 0. The molecule has 6 heteroatoms. The minimum Gasteiger partial charge on any atom is -0.464 e. The number of nitro groups is 1. The van der Waals surface area contributed by atoms with Gasteiger partial charge in [0, 0.05) is 18.1 Å². The lowest BCUT2D eigenvalue weighted by Gasteiger charge is -2.04. The summed E-state index contributed by atoms with van der Waals surface area (Å²) in [5.41, 5.74) is 0.653. The van der Waals surface area contributed by atoms with E-state index in [0.717, 1.165) is 6.08 Å². The minimum absolute atomic E-state index is 0.0837. The van der Waals surface area contributed by atoms with Gasteiger partial charge in [0.25, 0.3) is 0 Å². The molecule has 0 bridgehead atoms. The molecule has 0 unspecified atom stereocenters. The number of benzene rings is 1. The maximum Gasteiger partial charge on any atom is 0.333 e. The van der Waals surface area contributed by atoms with Crippen molar-refractivity contribution in [2.45, 2.75) is 20.3 Å². The maximum atomic E-state index is 11.1. The maximum absolute atomic E-state index is 11.1. The SMILES string of the molecule is CCOC(=O)/C=C/Oc1ccccc1/C=C(\CC)[N+](=O)[O-]. The van der Waals surface area contributed by atoms with Crippen LogP contribution in [0.2, 0.25) is 0 Å². The highest BCUT2D eigenvalue weighted by Gasteiger charge is 2.09. The van der Waals surface area contributed by atoms with Crippen LogP contribution >= 0.6 is 0 Å². The van der Waals surface area contributed by atoms with E-state index < -0.39 is 10.9 Å². The van der Waals surface area contributed by atoms with Gasteiger partial charge in [-0.1, -0.05) is 25.1 Å². The molecule has 0 saturated heterocycles. The number of allylic oxidation sites excluding steroid dienone is 1. The van der Waals surface area contributed by atoms with E-state index in [9.17, 15) is 14.9 Å². The Balaban J connectivity index is 2.90. The van der Waals surface area contributed by atoms with E-state index in [1.807, 2.05) is 0 Å². The monoisotopic (exact) mass is 291 g/mol. The van der Waals surface area contributed by atoms with Gasteiger partial charge >= 0.3 is 5.97 Å². The lowest BCUT2D eigenvalue weighted by molar-refractivity contribution is -0.425. The van der Waals surface area contributed by atoms with E-state index in [1.165, 1.54) is 12.3 Å².